The van der Waals surface area contributed by atoms with Crippen molar-refractivity contribution in [1.29, 1.82) is 0 Å². The molecule has 0 atom stereocenters. The maximum absolute atomic E-state index is 12.3. The summed E-state index contributed by atoms with van der Waals surface area (Å²) in [6.07, 6.45) is 2.46. The third-order valence-corrected chi connectivity index (χ3v) is 2.90. The van der Waals surface area contributed by atoms with E-state index >= 15 is 0 Å². The Kier molecular flexibility index (Phi) is 5.42. The summed E-state index contributed by atoms with van der Waals surface area (Å²) < 4.78 is 0. The minimum Gasteiger partial charge on any atom is -0.335 e. The van der Waals surface area contributed by atoms with E-state index in [0.717, 1.165) is 12.0 Å². The van der Waals surface area contributed by atoms with Crippen LogP contribution >= 0.6 is 11.6 Å². The number of hydrogen-bond donors (Lipinski definition) is 0. The molecule has 17 heavy (non-hydrogen) atoms. The molecule has 0 aliphatic heterocycles. The van der Waals surface area contributed by atoms with Crippen molar-refractivity contribution < 1.29 is 4.79 Å². The zero-order valence-corrected chi connectivity index (χ0v) is 11.4. The van der Waals surface area contributed by atoms with E-state index in [-0.39, 0.29) is 11.9 Å². The van der Waals surface area contributed by atoms with Crippen molar-refractivity contribution in [3.8, 4) is 0 Å². The molecule has 0 fully saturated rings. The highest BCUT2D eigenvalue weighted by Gasteiger charge is 2.20. The van der Waals surface area contributed by atoms with Gasteiger partial charge in [0, 0.05) is 24.7 Å². The molecule has 1 amide bonds. The van der Waals surface area contributed by atoms with Crippen molar-refractivity contribution in [1.82, 2.24) is 9.88 Å². The van der Waals surface area contributed by atoms with Crippen molar-refractivity contribution in [3.63, 3.8) is 0 Å². The highest BCUT2D eigenvalue weighted by Crippen LogP contribution is 2.11. The second-order valence-electron chi connectivity index (χ2n) is 4.30. The molecule has 1 aromatic rings. The first kappa shape index (κ1) is 14.0. The number of halogens is 1. The smallest absolute Gasteiger partial charge is 0.272 e. The monoisotopic (exact) mass is 254 g/mol. The summed E-state index contributed by atoms with van der Waals surface area (Å²) >= 11 is 5.68. The van der Waals surface area contributed by atoms with Gasteiger partial charge in [0.25, 0.3) is 5.91 Å². The van der Waals surface area contributed by atoms with E-state index in [9.17, 15) is 4.79 Å². The first-order valence-corrected chi connectivity index (χ1v) is 6.40. The van der Waals surface area contributed by atoms with E-state index in [4.69, 9.17) is 11.6 Å². The van der Waals surface area contributed by atoms with Crippen LogP contribution < -0.4 is 0 Å². The van der Waals surface area contributed by atoms with Gasteiger partial charge in [-0.3, -0.25) is 9.78 Å². The molecule has 0 spiro atoms. The molecule has 1 rings (SSSR count). The molecule has 0 aliphatic rings. The van der Waals surface area contributed by atoms with E-state index in [1.807, 2.05) is 37.8 Å². The molecule has 0 saturated carbocycles. The Labute approximate surface area is 108 Å². The van der Waals surface area contributed by atoms with Gasteiger partial charge in [0.15, 0.2) is 0 Å². The second-order valence-corrected chi connectivity index (χ2v) is 4.68. The van der Waals surface area contributed by atoms with Crippen LogP contribution in [0.4, 0.5) is 0 Å². The number of amides is 1. The summed E-state index contributed by atoms with van der Waals surface area (Å²) in [6, 6.07) is 3.90. The van der Waals surface area contributed by atoms with Crippen LogP contribution in [-0.4, -0.2) is 34.3 Å². The largest absolute Gasteiger partial charge is 0.335 e. The maximum Gasteiger partial charge on any atom is 0.272 e. The molecule has 0 saturated heterocycles. The quantitative estimate of drug-likeness (QED) is 0.757. The lowest BCUT2D eigenvalue weighted by Crippen LogP contribution is -2.38. The van der Waals surface area contributed by atoms with E-state index in [1.165, 1.54) is 0 Å². The lowest BCUT2D eigenvalue weighted by molar-refractivity contribution is 0.0699. The van der Waals surface area contributed by atoms with Gasteiger partial charge in [0.05, 0.1) is 0 Å². The van der Waals surface area contributed by atoms with Crippen LogP contribution in [0, 0.1) is 6.92 Å². The van der Waals surface area contributed by atoms with Crippen molar-refractivity contribution in [3.05, 3.63) is 29.6 Å². The fraction of sp³-hybridized carbons (Fsp3) is 0.538. The van der Waals surface area contributed by atoms with Gasteiger partial charge in [-0.25, -0.2) is 0 Å². The Hall–Kier alpha value is -1.09. The summed E-state index contributed by atoms with van der Waals surface area (Å²) in [5.74, 6) is 0.556. The Morgan fingerprint density at radius 1 is 1.53 bits per heavy atom. The predicted molar refractivity (Wildman–Crippen MR) is 70.5 cm³/mol. The average molecular weight is 255 g/mol. The van der Waals surface area contributed by atoms with Crippen LogP contribution in [0.2, 0.25) is 0 Å². The molecule has 94 valence electrons. The molecule has 0 N–H and O–H groups in total. The predicted octanol–water partition coefficient (Wildman–Crippen LogP) is 2.87. The number of hydrogen-bond acceptors (Lipinski definition) is 2. The van der Waals surface area contributed by atoms with Crippen LogP contribution in [0.1, 0.15) is 36.3 Å². The fourth-order valence-corrected chi connectivity index (χ4v) is 1.79. The summed E-state index contributed by atoms with van der Waals surface area (Å²) in [5, 5.41) is 0. The molecule has 1 aromatic heterocycles. The van der Waals surface area contributed by atoms with Gasteiger partial charge >= 0.3 is 0 Å². The maximum atomic E-state index is 12.3. The summed E-state index contributed by atoms with van der Waals surface area (Å²) in [5.41, 5.74) is 1.45. The minimum absolute atomic E-state index is 0.0109. The van der Waals surface area contributed by atoms with E-state index in [2.05, 4.69) is 4.98 Å². The number of alkyl halides is 1. The van der Waals surface area contributed by atoms with Gasteiger partial charge in [0.2, 0.25) is 0 Å². The van der Waals surface area contributed by atoms with Crippen molar-refractivity contribution in [2.45, 2.75) is 33.2 Å². The summed E-state index contributed by atoms with van der Waals surface area (Å²) in [6.45, 7) is 6.59. The molecule has 0 bridgehead atoms. The molecule has 0 radical (unpaired) electrons. The SMILES string of the molecule is Cc1cccnc1C(=O)N(CCCCl)C(C)C. The molecule has 0 unspecified atom stereocenters. The van der Waals surface area contributed by atoms with Crippen LogP contribution in [0.3, 0.4) is 0 Å². The highest BCUT2D eigenvalue weighted by molar-refractivity contribution is 6.17. The number of carbonyl (C=O) groups excluding carboxylic acids is 1. The number of nitrogens with zero attached hydrogens (tertiary/aromatic N) is 2. The zero-order chi connectivity index (χ0) is 12.8. The summed E-state index contributed by atoms with van der Waals surface area (Å²) in [7, 11) is 0. The van der Waals surface area contributed by atoms with Crippen molar-refractivity contribution in [2.24, 2.45) is 0 Å². The molecule has 0 aromatic carbocycles. The van der Waals surface area contributed by atoms with Crippen LogP contribution in [0.15, 0.2) is 18.3 Å². The van der Waals surface area contributed by atoms with Gasteiger partial charge in [-0.05, 0) is 38.8 Å². The minimum atomic E-state index is -0.0109. The van der Waals surface area contributed by atoms with E-state index in [0.29, 0.717) is 18.1 Å². The average Bonchev–Trinajstić information content (AvgIpc) is 2.29. The van der Waals surface area contributed by atoms with Crippen LogP contribution in [0.25, 0.3) is 0 Å². The summed E-state index contributed by atoms with van der Waals surface area (Å²) in [4.78, 5) is 18.3. The van der Waals surface area contributed by atoms with Gasteiger partial charge in [0.1, 0.15) is 5.69 Å². The third-order valence-electron chi connectivity index (χ3n) is 2.63. The molecule has 4 heteroatoms. The zero-order valence-electron chi connectivity index (χ0n) is 10.6. The first-order valence-electron chi connectivity index (χ1n) is 5.86. The standard InChI is InChI=1S/C13H19ClN2O/c1-10(2)16(9-5-7-14)13(17)12-11(3)6-4-8-15-12/h4,6,8,10H,5,7,9H2,1-3H3. The van der Waals surface area contributed by atoms with E-state index in [1.54, 1.807) is 6.20 Å². The van der Waals surface area contributed by atoms with Gasteiger partial charge in [-0.15, -0.1) is 11.6 Å². The van der Waals surface area contributed by atoms with Crippen molar-refractivity contribution >= 4 is 17.5 Å². The van der Waals surface area contributed by atoms with Crippen molar-refractivity contribution in [2.75, 3.05) is 12.4 Å². The topological polar surface area (TPSA) is 33.2 Å². The number of carbonyl (C=O) groups is 1. The molecule has 3 nitrogen and oxygen atoms in total. The van der Waals surface area contributed by atoms with Crippen LogP contribution in [0.5, 0.6) is 0 Å². The molecular weight excluding hydrogens is 236 g/mol. The molecule has 1 heterocycles. The number of pyridine rings is 1. The third kappa shape index (κ3) is 3.70. The highest BCUT2D eigenvalue weighted by atomic mass is 35.5. The number of rotatable bonds is 5. The van der Waals surface area contributed by atoms with Gasteiger partial charge in [-0.1, -0.05) is 6.07 Å². The lowest BCUT2D eigenvalue weighted by Gasteiger charge is -2.26. The Balaban J connectivity index is 2.88. The molecular formula is C13H19ClN2O. The van der Waals surface area contributed by atoms with Gasteiger partial charge in [-0.2, -0.15) is 0 Å². The Morgan fingerprint density at radius 3 is 2.76 bits per heavy atom. The Bertz CT molecular complexity index is 379. The second kappa shape index (κ2) is 6.60. The fourth-order valence-electron chi connectivity index (χ4n) is 1.67. The molecule has 0 aliphatic carbocycles. The Morgan fingerprint density at radius 2 is 2.24 bits per heavy atom. The number of aromatic nitrogens is 1. The van der Waals surface area contributed by atoms with Crippen LogP contribution in [-0.2, 0) is 0 Å². The normalized spacial score (nSPS) is 10.6. The number of aryl methyl sites for hydroxylation is 1. The lowest BCUT2D eigenvalue weighted by atomic mass is 10.1. The van der Waals surface area contributed by atoms with Gasteiger partial charge < -0.3 is 4.90 Å². The first-order chi connectivity index (χ1) is 8.07. The van der Waals surface area contributed by atoms with E-state index < -0.39 is 0 Å².